The fourth-order valence-corrected chi connectivity index (χ4v) is 4.64. The second-order valence-corrected chi connectivity index (χ2v) is 8.30. The third-order valence-corrected chi connectivity index (χ3v) is 6.35. The zero-order chi connectivity index (χ0) is 19.1. The lowest BCUT2D eigenvalue weighted by atomic mass is 9.96. The number of carbonyl (C=O) groups excluding carboxylic acids is 1. The van der Waals surface area contributed by atoms with E-state index in [4.69, 9.17) is 4.98 Å². The third kappa shape index (κ3) is 3.14. The van der Waals surface area contributed by atoms with Crippen molar-refractivity contribution < 1.29 is 4.79 Å². The largest absolute Gasteiger partial charge is 0.354 e. The van der Waals surface area contributed by atoms with Crippen LogP contribution in [-0.2, 0) is 17.6 Å². The molecule has 0 saturated carbocycles. The number of hydrogen-bond acceptors (Lipinski definition) is 6. The minimum Gasteiger partial charge on any atom is -0.354 e. The second kappa shape index (κ2) is 7.33. The van der Waals surface area contributed by atoms with E-state index in [9.17, 15) is 4.79 Å². The molecule has 28 heavy (non-hydrogen) atoms. The SMILES string of the molecule is CN1CCc2nc3ccnn3c(N3CC(C(=O)N4CCCNCC4)C3)c2CC1. The lowest BCUT2D eigenvalue weighted by Gasteiger charge is -2.42. The molecule has 0 atom stereocenters. The van der Waals surface area contributed by atoms with Crippen LogP contribution in [0.25, 0.3) is 5.65 Å². The molecule has 2 aromatic rings. The van der Waals surface area contributed by atoms with Crippen LogP contribution in [0.15, 0.2) is 12.3 Å². The molecular weight excluding hydrogens is 354 g/mol. The fraction of sp³-hybridized carbons (Fsp3) is 0.650. The third-order valence-electron chi connectivity index (χ3n) is 6.35. The molecule has 2 saturated heterocycles. The van der Waals surface area contributed by atoms with E-state index in [1.807, 2.05) is 21.7 Å². The Morgan fingerprint density at radius 2 is 2.00 bits per heavy atom. The van der Waals surface area contributed by atoms with Gasteiger partial charge in [0, 0.05) is 63.9 Å². The van der Waals surface area contributed by atoms with Crippen molar-refractivity contribution in [2.75, 3.05) is 64.3 Å². The molecule has 0 bridgehead atoms. The minimum absolute atomic E-state index is 0.0981. The Morgan fingerprint density at radius 1 is 1.14 bits per heavy atom. The number of nitrogens with zero attached hydrogens (tertiary/aromatic N) is 6. The van der Waals surface area contributed by atoms with E-state index in [1.54, 1.807) is 0 Å². The summed E-state index contributed by atoms with van der Waals surface area (Å²) in [7, 11) is 2.17. The number of aromatic nitrogens is 3. The van der Waals surface area contributed by atoms with Crippen molar-refractivity contribution in [3.8, 4) is 0 Å². The quantitative estimate of drug-likeness (QED) is 0.789. The molecule has 3 aliphatic heterocycles. The number of nitrogens with one attached hydrogen (secondary N) is 1. The maximum atomic E-state index is 12.9. The number of fused-ring (bicyclic) bond motifs is 2. The molecule has 0 radical (unpaired) electrons. The van der Waals surface area contributed by atoms with Gasteiger partial charge in [0.2, 0.25) is 5.91 Å². The van der Waals surface area contributed by atoms with Crippen molar-refractivity contribution in [2.45, 2.75) is 19.3 Å². The van der Waals surface area contributed by atoms with Crippen LogP contribution in [0.4, 0.5) is 5.82 Å². The molecule has 0 spiro atoms. The molecule has 0 aliphatic carbocycles. The topological polar surface area (TPSA) is 69.0 Å². The first-order chi connectivity index (χ1) is 13.7. The summed E-state index contributed by atoms with van der Waals surface area (Å²) in [6, 6.07) is 1.98. The summed E-state index contributed by atoms with van der Waals surface area (Å²) < 4.78 is 1.97. The highest BCUT2D eigenvalue weighted by atomic mass is 16.2. The molecule has 5 rings (SSSR count). The van der Waals surface area contributed by atoms with Gasteiger partial charge in [-0.15, -0.1) is 0 Å². The first-order valence-electron chi connectivity index (χ1n) is 10.5. The molecule has 2 fully saturated rings. The Bertz CT molecular complexity index is 865. The number of rotatable bonds is 2. The van der Waals surface area contributed by atoms with Crippen molar-refractivity contribution in [1.82, 2.24) is 29.7 Å². The number of likely N-dealkylation sites (N-methyl/N-ethyl adjacent to an activating group) is 1. The summed E-state index contributed by atoms with van der Waals surface area (Å²) in [5.41, 5.74) is 3.41. The van der Waals surface area contributed by atoms with E-state index in [0.717, 1.165) is 83.1 Å². The Morgan fingerprint density at radius 3 is 2.89 bits per heavy atom. The van der Waals surface area contributed by atoms with Crippen LogP contribution in [0.2, 0.25) is 0 Å². The first kappa shape index (κ1) is 17.9. The van der Waals surface area contributed by atoms with E-state index >= 15 is 0 Å². The first-order valence-corrected chi connectivity index (χ1v) is 10.5. The summed E-state index contributed by atoms with van der Waals surface area (Å²) in [5, 5.41) is 7.92. The van der Waals surface area contributed by atoms with Gasteiger partial charge in [-0.1, -0.05) is 0 Å². The van der Waals surface area contributed by atoms with E-state index in [0.29, 0.717) is 5.91 Å². The van der Waals surface area contributed by atoms with E-state index in [2.05, 4.69) is 27.3 Å². The van der Waals surface area contributed by atoms with Gasteiger partial charge in [0.25, 0.3) is 0 Å². The number of hydrogen-bond donors (Lipinski definition) is 1. The predicted octanol–water partition coefficient (Wildman–Crippen LogP) is 0.0178. The average molecular weight is 384 g/mol. The van der Waals surface area contributed by atoms with Gasteiger partial charge in [0.1, 0.15) is 5.82 Å². The molecule has 5 heterocycles. The molecule has 150 valence electrons. The highest BCUT2D eigenvalue weighted by Crippen LogP contribution is 2.32. The average Bonchev–Trinajstić information content (AvgIpc) is 2.85. The number of carbonyl (C=O) groups is 1. The summed E-state index contributed by atoms with van der Waals surface area (Å²) in [4.78, 5) is 24.6. The fourth-order valence-electron chi connectivity index (χ4n) is 4.64. The highest BCUT2D eigenvalue weighted by molar-refractivity contribution is 5.82. The smallest absolute Gasteiger partial charge is 0.229 e. The van der Waals surface area contributed by atoms with E-state index in [-0.39, 0.29) is 5.92 Å². The predicted molar refractivity (Wildman–Crippen MR) is 108 cm³/mol. The summed E-state index contributed by atoms with van der Waals surface area (Å²) in [5.74, 6) is 1.57. The van der Waals surface area contributed by atoms with Gasteiger partial charge in [-0.2, -0.15) is 9.61 Å². The molecule has 1 amide bonds. The zero-order valence-corrected chi connectivity index (χ0v) is 16.6. The van der Waals surface area contributed by atoms with Crippen LogP contribution < -0.4 is 10.2 Å². The van der Waals surface area contributed by atoms with Crippen LogP contribution in [0, 0.1) is 5.92 Å². The molecule has 8 nitrogen and oxygen atoms in total. The Kier molecular flexibility index (Phi) is 4.68. The van der Waals surface area contributed by atoms with Crippen molar-refractivity contribution in [1.29, 1.82) is 0 Å². The lowest BCUT2D eigenvalue weighted by Crippen LogP contribution is -2.56. The van der Waals surface area contributed by atoms with Crippen LogP contribution in [0.5, 0.6) is 0 Å². The van der Waals surface area contributed by atoms with Crippen LogP contribution in [0.3, 0.4) is 0 Å². The van der Waals surface area contributed by atoms with Gasteiger partial charge in [-0.3, -0.25) is 4.79 Å². The van der Waals surface area contributed by atoms with Gasteiger partial charge >= 0.3 is 0 Å². The molecule has 3 aliphatic rings. The zero-order valence-electron chi connectivity index (χ0n) is 16.6. The van der Waals surface area contributed by atoms with Crippen LogP contribution in [0.1, 0.15) is 17.7 Å². The molecule has 0 aromatic carbocycles. The van der Waals surface area contributed by atoms with Crippen LogP contribution in [-0.4, -0.2) is 89.7 Å². The van der Waals surface area contributed by atoms with Gasteiger partial charge in [0.05, 0.1) is 17.8 Å². The standard InChI is InChI=1S/C20H29N7O/c1-24-10-4-16-17(5-11-24)23-18-3-7-22-27(18)19(16)26-13-15(14-26)20(28)25-9-2-6-21-8-12-25/h3,7,15,21H,2,4-6,8-14H2,1H3. The van der Waals surface area contributed by atoms with Gasteiger partial charge in [-0.05, 0) is 26.4 Å². The van der Waals surface area contributed by atoms with E-state index < -0.39 is 0 Å². The second-order valence-electron chi connectivity index (χ2n) is 8.30. The van der Waals surface area contributed by atoms with Gasteiger partial charge in [0.15, 0.2) is 5.65 Å². The summed E-state index contributed by atoms with van der Waals surface area (Å²) in [6.07, 6.45) is 4.82. The van der Waals surface area contributed by atoms with Gasteiger partial charge in [-0.25, -0.2) is 4.98 Å². The number of amides is 1. The molecular formula is C20H29N7O. The summed E-state index contributed by atoms with van der Waals surface area (Å²) >= 11 is 0. The van der Waals surface area contributed by atoms with E-state index in [1.165, 1.54) is 11.3 Å². The number of anilines is 1. The van der Waals surface area contributed by atoms with Crippen molar-refractivity contribution in [3.63, 3.8) is 0 Å². The Labute approximate surface area is 165 Å². The molecule has 0 unspecified atom stereocenters. The monoisotopic (exact) mass is 383 g/mol. The van der Waals surface area contributed by atoms with Crippen LogP contribution >= 0.6 is 0 Å². The highest BCUT2D eigenvalue weighted by Gasteiger charge is 2.38. The van der Waals surface area contributed by atoms with Crippen molar-refractivity contribution in [2.24, 2.45) is 5.92 Å². The molecule has 1 N–H and O–H groups in total. The molecule has 2 aromatic heterocycles. The Hall–Kier alpha value is -2.19. The Balaban J connectivity index is 1.39. The maximum absolute atomic E-state index is 12.9. The molecule has 8 heteroatoms. The maximum Gasteiger partial charge on any atom is 0.229 e. The summed E-state index contributed by atoms with van der Waals surface area (Å²) in [6.45, 7) is 7.25. The minimum atomic E-state index is 0.0981. The van der Waals surface area contributed by atoms with Gasteiger partial charge < -0.3 is 20.0 Å². The normalized spacial score (nSPS) is 21.9. The van der Waals surface area contributed by atoms with Crippen molar-refractivity contribution in [3.05, 3.63) is 23.5 Å². The lowest BCUT2D eigenvalue weighted by molar-refractivity contribution is -0.136. The van der Waals surface area contributed by atoms with Crippen molar-refractivity contribution >= 4 is 17.4 Å².